The normalized spacial score (nSPS) is 11.8. The molecule has 2 heteroatoms. The average molecular weight is 204 g/mol. The van der Waals surface area contributed by atoms with E-state index in [1.54, 1.807) is 0 Å². The Labute approximate surface area is 90.3 Å². The standard InChI is InChI=1S/C13H16O2/c1-10(2)8-12(14)13(15)9-11-6-4-3-5-7-11/h3-7,9-10,15H,8H2,1-2H3. The number of hydrogen-bond donors (Lipinski definition) is 1. The fraction of sp³-hybridized carbons (Fsp3) is 0.308. The van der Waals surface area contributed by atoms with Gasteiger partial charge in [0.2, 0.25) is 0 Å². The molecule has 0 bridgehead atoms. The van der Waals surface area contributed by atoms with Gasteiger partial charge < -0.3 is 5.11 Å². The minimum absolute atomic E-state index is 0.157. The number of aliphatic hydroxyl groups excluding tert-OH is 1. The SMILES string of the molecule is CC(C)CC(=O)C(O)=Cc1ccccc1. The number of rotatable bonds is 4. The largest absolute Gasteiger partial charge is 0.504 e. The molecule has 2 nitrogen and oxygen atoms in total. The zero-order valence-electron chi connectivity index (χ0n) is 9.10. The highest BCUT2D eigenvalue weighted by Gasteiger charge is 2.09. The Hall–Kier alpha value is -1.57. The number of Topliss-reactive ketones (excluding diaryl/α,β-unsaturated/α-hetero) is 1. The molecule has 0 saturated carbocycles. The molecule has 0 unspecified atom stereocenters. The maximum Gasteiger partial charge on any atom is 0.197 e. The van der Waals surface area contributed by atoms with Gasteiger partial charge in [0, 0.05) is 6.42 Å². The molecule has 0 aliphatic heterocycles. The number of hydrogen-bond acceptors (Lipinski definition) is 2. The summed E-state index contributed by atoms with van der Waals surface area (Å²) in [5.74, 6) is -0.0902. The Balaban J connectivity index is 2.72. The van der Waals surface area contributed by atoms with Crippen LogP contribution in [-0.4, -0.2) is 10.9 Å². The second-order valence-corrected chi connectivity index (χ2v) is 3.96. The van der Waals surface area contributed by atoms with Gasteiger partial charge in [-0.25, -0.2) is 0 Å². The third-order valence-corrected chi connectivity index (χ3v) is 1.98. The second-order valence-electron chi connectivity index (χ2n) is 3.96. The molecule has 15 heavy (non-hydrogen) atoms. The van der Waals surface area contributed by atoms with Gasteiger partial charge in [-0.1, -0.05) is 44.2 Å². The van der Waals surface area contributed by atoms with E-state index in [1.807, 2.05) is 44.2 Å². The molecule has 0 fully saturated rings. The van der Waals surface area contributed by atoms with Crippen LogP contribution in [0.1, 0.15) is 25.8 Å². The van der Waals surface area contributed by atoms with Crippen molar-refractivity contribution in [1.82, 2.24) is 0 Å². The van der Waals surface area contributed by atoms with E-state index in [9.17, 15) is 9.90 Å². The minimum atomic E-state index is -0.200. The van der Waals surface area contributed by atoms with Gasteiger partial charge >= 0.3 is 0 Å². The topological polar surface area (TPSA) is 37.3 Å². The summed E-state index contributed by atoms with van der Waals surface area (Å²) in [6.07, 6.45) is 1.89. The van der Waals surface area contributed by atoms with Gasteiger partial charge in [-0.3, -0.25) is 4.79 Å². The minimum Gasteiger partial charge on any atom is -0.504 e. The monoisotopic (exact) mass is 204 g/mol. The summed E-state index contributed by atoms with van der Waals surface area (Å²) in [6.45, 7) is 3.90. The van der Waals surface area contributed by atoms with E-state index in [-0.39, 0.29) is 17.5 Å². The number of carbonyl (C=O) groups is 1. The molecule has 0 spiro atoms. The number of allylic oxidation sites excluding steroid dienone is 1. The first-order chi connectivity index (χ1) is 7.09. The van der Waals surface area contributed by atoms with E-state index < -0.39 is 0 Å². The van der Waals surface area contributed by atoms with Crippen molar-refractivity contribution in [3.63, 3.8) is 0 Å². The van der Waals surface area contributed by atoms with Gasteiger partial charge in [-0.15, -0.1) is 0 Å². The maximum atomic E-state index is 11.4. The Bertz CT molecular complexity index is 350. The highest BCUT2D eigenvalue weighted by Crippen LogP contribution is 2.09. The molecule has 0 saturated heterocycles. The van der Waals surface area contributed by atoms with Gasteiger partial charge in [-0.2, -0.15) is 0 Å². The second kappa shape index (κ2) is 5.35. The Morgan fingerprint density at radius 1 is 1.33 bits per heavy atom. The van der Waals surface area contributed by atoms with Crippen molar-refractivity contribution in [3.05, 3.63) is 41.7 Å². The third-order valence-electron chi connectivity index (χ3n) is 1.98. The van der Waals surface area contributed by atoms with Gasteiger partial charge in [-0.05, 0) is 17.6 Å². The molecule has 1 rings (SSSR count). The molecule has 0 heterocycles. The summed E-state index contributed by atoms with van der Waals surface area (Å²) >= 11 is 0. The quantitative estimate of drug-likeness (QED) is 0.604. The highest BCUT2D eigenvalue weighted by molar-refractivity contribution is 5.97. The first-order valence-electron chi connectivity index (χ1n) is 5.08. The van der Waals surface area contributed by atoms with Crippen LogP contribution in [0.15, 0.2) is 36.1 Å². The first kappa shape index (κ1) is 11.5. The van der Waals surface area contributed by atoms with Gasteiger partial charge in [0.05, 0.1) is 0 Å². The molecular formula is C13H16O2. The van der Waals surface area contributed by atoms with Crippen LogP contribution in [0.25, 0.3) is 6.08 Å². The average Bonchev–Trinajstić information content (AvgIpc) is 2.18. The lowest BCUT2D eigenvalue weighted by molar-refractivity contribution is -0.118. The van der Waals surface area contributed by atoms with Crippen molar-refractivity contribution in [2.24, 2.45) is 5.92 Å². The van der Waals surface area contributed by atoms with Crippen LogP contribution in [0.4, 0.5) is 0 Å². The van der Waals surface area contributed by atoms with Crippen LogP contribution in [0.2, 0.25) is 0 Å². The van der Waals surface area contributed by atoms with Crippen molar-refractivity contribution in [1.29, 1.82) is 0 Å². The van der Waals surface area contributed by atoms with Gasteiger partial charge in [0.1, 0.15) is 0 Å². The predicted molar refractivity (Wildman–Crippen MR) is 61.5 cm³/mol. The van der Waals surface area contributed by atoms with E-state index in [2.05, 4.69) is 0 Å². The molecule has 1 N–H and O–H groups in total. The Morgan fingerprint density at radius 2 is 1.93 bits per heavy atom. The lowest BCUT2D eigenvalue weighted by Crippen LogP contribution is -2.05. The van der Waals surface area contributed by atoms with E-state index >= 15 is 0 Å². The van der Waals surface area contributed by atoms with E-state index in [1.165, 1.54) is 6.08 Å². The van der Waals surface area contributed by atoms with Crippen molar-refractivity contribution < 1.29 is 9.90 Å². The zero-order valence-corrected chi connectivity index (χ0v) is 9.10. The fourth-order valence-corrected chi connectivity index (χ4v) is 1.26. The summed E-state index contributed by atoms with van der Waals surface area (Å²) in [7, 11) is 0. The summed E-state index contributed by atoms with van der Waals surface area (Å²) < 4.78 is 0. The molecule has 0 radical (unpaired) electrons. The smallest absolute Gasteiger partial charge is 0.197 e. The predicted octanol–water partition coefficient (Wildman–Crippen LogP) is 3.20. The van der Waals surface area contributed by atoms with Crippen molar-refractivity contribution in [2.75, 3.05) is 0 Å². The molecular weight excluding hydrogens is 188 g/mol. The summed E-state index contributed by atoms with van der Waals surface area (Å²) in [4.78, 5) is 11.4. The molecule has 0 aliphatic rings. The van der Waals surface area contributed by atoms with Crippen molar-refractivity contribution in [2.45, 2.75) is 20.3 Å². The Morgan fingerprint density at radius 3 is 2.47 bits per heavy atom. The Kier molecular flexibility index (Phi) is 4.10. The van der Waals surface area contributed by atoms with Crippen molar-refractivity contribution in [3.8, 4) is 0 Å². The summed E-state index contributed by atoms with van der Waals surface area (Å²) in [6, 6.07) is 9.32. The first-order valence-corrected chi connectivity index (χ1v) is 5.08. The van der Waals surface area contributed by atoms with Crippen LogP contribution >= 0.6 is 0 Å². The lowest BCUT2D eigenvalue weighted by Gasteiger charge is -2.02. The summed E-state index contributed by atoms with van der Waals surface area (Å²) in [5, 5.41) is 9.53. The molecule has 0 aromatic heterocycles. The molecule has 0 amide bonds. The lowest BCUT2D eigenvalue weighted by atomic mass is 10.0. The van der Waals surface area contributed by atoms with Gasteiger partial charge in [0.25, 0.3) is 0 Å². The van der Waals surface area contributed by atoms with Crippen LogP contribution < -0.4 is 0 Å². The summed E-state index contributed by atoms with van der Waals surface area (Å²) in [5.41, 5.74) is 0.840. The molecule has 80 valence electrons. The molecule has 1 aromatic carbocycles. The fourth-order valence-electron chi connectivity index (χ4n) is 1.26. The van der Waals surface area contributed by atoms with E-state index in [0.29, 0.717) is 6.42 Å². The number of aliphatic hydroxyl groups is 1. The van der Waals surface area contributed by atoms with Gasteiger partial charge in [0.15, 0.2) is 11.5 Å². The van der Waals surface area contributed by atoms with E-state index in [0.717, 1.165) is 5.56 Å². The maximum absolute atomic E-state index is 11.4. The number of carbonyl (C=O) groups excluding carboxylic acids is 1. The van der Waals surface area contributed by atoms with Crippen molar-refractivity contribution >= 4 is 11.9 Å². The number of benzene rings is 1. The molecule has 0 atom stereocenters. The highest BCUT2D eigenvalue weighted by atomic mass is 16.3. The van der Waals surface area contributed by atoms with E-state index in [4.69, 9.17) is 0 Å². The molecule has 1 aromatic rings. The molecule has 0 aliphatic carbocycles. The number of ketones is 1. The van der Waals surface area contributed by atoms with Crippen LogP contribution in [0.5, 0.6) is 0 Å². The zero-order chi connectivity index (χ0) is 11.3. The van der Waals surface area contributed by atoms with Crippen LogP contribution in [0, 0.1) is 5.92 Å². The van der Waals surface area contributed by atoms with Crippen LogP contribution in [-0.2, 0) is 4.79 Å². The van der Waals surface area contributed by atoms with Crippen LogP contribution in [0.3, 0.4) is 0 Å². The third kappa shape index (κ3) is 3.98.